The van der Waals surface area contributed by atoms with Crippen molar-refractivity contribution in [1.82, 2.24) is 15.6 Å². The van der Waals surface area contributed by atoms with E-state index in [2.05, 4.69) is 15.6 Å². The van der Waals surface area contributed by atoms with Gasteiger partial charge in [0.15, 0.2) is 0 Å². The van der Waals surface area contributed by atoms with Crippen LogP contribution in [0.15, 0.2) is 5.38 Å². The highest BCUT2D eigenvalue weighted by Crippen LogP contribution is 2.18. The minimum absolute atomic E-state index is 0.158. The third-order valence-electron chi connectivity index (χ3n) is 2.41. The molecule has 1 aliphatic rings. The molecule has 0 aliphatic heterocycles. The maximum absolute atomic E-state index is 11.3. The molecule has 1 aromatic heterocycles. The van der Waals surface area contributed by atoms with Gasteiger partial charge in [-0.25, -0.2) is 4.98 Å². The Morgan fingerprint density at radius 1 is 1.62 bits per heavy atom. The van der Waals surface area contributed by atoms with Gasteiger partial charge in [0.1, 0.15) is 5.01 Å². The minimum atomic E-state index is 0.158. The number of aryl methyl sites for hydroxylation is 1. The summed E-state index contributed by atoms with van der Waals surface area (Å²) in [7, 11) is 0. The Balaban J connectivity index is 1.55. The van der Waals surface area contributed by atoms with Gasteiger partial charge in [-0.1, -0.05) is 0 Å². The first kappa shape index (κ1) is 11.5. The van der Waals surface area contributed by atoms with E-state index in [0.29, 0.717) is 12.5 Å². The first-order chi connectivity index (χ1) is 7.74. The molecule has 1 aromatic rings. The Morgan fingerprint density at radius 2 is 2.44 bits per heavy atom. The van der Waals surface area contributed by atoms with Crippen LogP contribution in [0.5, 0.6) is 0 Å². The van der Waals surface area contributed by atoms with Crippen molar-refractivity contribution in [3.05, 3.63) is 16.1 Å². The zero-order valence-electron chi connectivity index (χ0n) is 9.45. The second-order valence-corrected chi connectivity index (χ2v) is 5.09. The first-order valence-corrected chi connectivity index (χ1v) is 6.53. The van der Waals surface area contributed by atoms with Crippen molar-refractivity contribution < 1.29 is 4.79 Å². The van der Waals surface area contributed by atoms with E-state index >= 15 is 0 Å². The normalized spacial score (nSPS) is 15.1. The van der Waals surface area contributed by atoms with E-state index in [0.717, 1.165) is 36.6 Å². The van der Waals surface area contributed by atoms with Crippen molar-refractivity contribution in [3.8, 4) is 0 Å². The van der Waals surface area contributed by atoms with Crippen LogP contribution in [0.3, 0.4) is 0 Å². The van der Waals surface area contributed by atoms with Crippen LogP contribution < -0.4 is 10.6 Å². The van der Waals surface area contributed by atoms with Crippen molar-refractivity contribution in [2.45, 2.75) is 38.8 Å². The lowest BCUT2D eigenvalue weighted by atomic mass is 10.4. The molecule has 2 rings (SSSR count). The first-order valence-electron chi connectivity index (χ1n) is 5.65. The number of thiazole rings is 1. The van der Waals surface area contributed by atoms with Crippen molar-refractivity contribution >= 4 is 17.2 Å². The number of hydrogen-bond acceptors (Lipinski definition) is 4. The third-order valence-corrected chi connectivity index (χ3v) is 3.38. The number of hydrogen-bond donors (Lipinski definition) is 2. The van der Waals surface area contributed by atoms with Crippen LogP contribution >= 0.6 is 11.3 Å². The fourth-order valence-electron chi connectivity index (χ4n) is 1.41. The summed E-state index contributed by atoms with van der Waals surface area (Å²) < 4.78 is 0. The highest BCUT2D eigenvalue weighted by Gasteiger charge is 2.22. The zero-order valence-corrected chi connectivity index (χ0v) is 10.3. The summed E-state index contributed by atoms with van der Waals surface area (Å²) in [5, 5.41) is 9.31. The molecule has 1 saturated carbocycles. The molecule has 0 saturated heterocycles. The predicted octanol–water partition coefficient (Wildman–Crippen LogP) is 1.21. The molecule has 0 aromatic carbocycles. The molecule has 4 nitrogen and oxygen atoms in total. The van der Waals surface area contributed by atoms with E-state index in [1.807, 2.05) is 12.3 Å². The summed E-state index contributed by atoms with van der Waals surface area (Å²) in [6, 6.07) is 0.467. The number of aromatic nitrogens is 1. The second-order valence-electron chi connectivity index (χ2n) is 4.15. The van der Waals surface area contributed by atoms with E-state index in [1.54, 1.807) is 11.3 Å². The van der Waals surface area contributed by atoms with Crippen LogP contribution in [-0.4, -0.2) is 23.5 Å². The summed E-state index contributed by atoms with van der Waals surface area (Å²) in [6.07, 6.45) is 2.86. The summed E-state index contributed by atoms with van der Waals surface area (Å²) in [4.78, 5) is 15.7. The number of amides is 1. The molecular formula is C11H17N3OS. The lowest BCUT2D eigenvalue weighted by Gasteiger charge is -2.03. The lowest BCUT2D eigenvalue weighted by Crippen LogP contribution is -2.28. The molecule has 0 spiro atoms. The largest absolute Gasteiger partial charge is 0.353 e. The van der Waals surface area contributed by atoms with Crippen LogP contribution in [0.25, 0.3) is 0 Å². The van der Waals surface area contributed by atoms with E-state index in [-0.39, 0.29) is 5.91 Å². The predicted molar refractivity (Wildman–Crippen MR) is 64.3 cm³/mol. The average molecular weight is 239 g/mol. The molecule has 1 fully saturated rings. The number of carbonyl (C=O) groups is 1. The quantitative estimate of drug-likeness (QED) is 0.734. The van der Waals surface area contributed by atoms with Crippen molar-refractivity contribution in [1.29, 1.82) is 0 Å². The molecule has 0 unspecified atom stereocenters. The Kier molecular flexibility index (Phi) is 3.90. The second kappa shape index (κ2) is 5.41. The van der Waals surface area contributed by atoms with Crippen LogP contribution in [0, 0.1) is 6.92 Å². The molecule has 2 N–H and O–H groups in total. The average Bonchev–Trinajstić information content (AvgIpc) is 2.95. The summed E-state index contributed by atoms with van der Waals surface area (Å²) in [6.45, 7) is 3.47. The highest BCUT2D eigenvalue weighted by molar-refractivity contribution is 7.09. The molecular weight excluding hydrogens is 222 g/mol. The van der Waals surface area contributed by atoms with Gasteiger partial charge in [-0.3, -0.25) is 4.79 Å². The SMILES string of the molecule is Cc1csc(CNCCC(=O)NC2CC2)n1. The summed E-state index contributed by atoms with van der Waals surface area (Å²) in [5.74, 6) is 0.158. The van der Waals surface area contributed by atoms with E-state index in [9.17, 15) is 4.79 Å². The number of nitrogens with one attached hydrogen (secondary N) is 2. The van der Waals surface area contributed by atoms with Crippen molar-refractivity contribution in [2.75, 3.05) is 6.54 Å². The summed E-state index contributed by atoms with van der Waals surface area (Å²) in [5.41, 5.74) is 1.06. The number of nitrogens with zero attached hydrogens (tertiary/aromatic N) is 1. The van der Waals surface area contributed by atoms with Gasteiger partial charge >= 0.3 is 0 Å². The van der Waals surface area contributed by atoms with Crippen molar-refractivity contribution in [3.63, 3.8) is 0 Å². The Labute approximate surface area is 99.5 Å². The Morgan fingerprint density at radius 3 is 3.06 bits per heavy atom. The highest BCUT2D eigenvalue weighted by atomic mass is 32.1. The topological polar surface area (TPSA) is 54.0 Å². The molecule has 1 aliphatic carbocycles. The van der Waals surface area contributed by atoms with Gasteiger partial charge in [-0.2, -0.15) is 0 Å². The van der Waals surface area contributed by atoms with Crippen molar-refractivity contribution in [2.24, 2.45) is 0 Å². The van der Waals surface area contributed by atoms with E-state index in [1.165, 1.54) is 0 Å². The van der Waals surface area contributed by atoms with Gasteiger partial charge in [0.2, 0.25) is 5.91 Å². The van der Waals surface area contributed by atoms with Gasteiger partial charge in [0.25, 0.3) is 0 Å². The monoisotopic (exact) mass is 239 g/mol. The zero-order chi connectivity index (χ0) is 11.4. The molecule has 88 valence electrons. The third kappa shape index (κ3) is 3.90. The van der Waals surface area contributed by atoms with Crippen LogP contribution in [-0.2, 0) is 11.3 Å². The molecule has 0 radical (unpaired) electrons. The van der Waals surface area contributed by atoms with Gasteiger partial charge < -0.3 is 10.6 Å². The van der Waals surface area contributed by atoms with E-state index < -0.39 is 0 Å². The fourth-order valence-corrected chi connectivity index (χ4v) is 2.15. The Hall–Kier alpha value is -0.940. The van der Waals surface area contributed by atoms with E-state index in [4.69, 9.17) is 0 Å². The standard InChI is InChI=1S/C11H17N3OS/c1-8-7-16-11(13-8)6-12-5-4-10(15)14-9-2-3-9/h7,9,12H,2-6H2,1H3,(H,14,15). The van der Waals surface area contributed by atoms with Gasteiger partial charge in [-0.05, 0) is 19.8 Å². The molecule has 0 atom stereocenters. The van der Waals surface area contributed by atoms with Gasteiger partial charge in [-0.15, -0.1) is 11.3 Å². The fraction of sp³-hybridized carbons (Fsp3) is 0.636. The lowest BCUT2D eigenvalue weighted by molar-refractivity contribution is -0.121. The maximum Gasteiger partial charge on any atom is 0.221 e. The molecule has 1 heterocycles. The van der Waals surface area contributed by atoms with Gasteiger partial charge in [0.05, 0.1) is 0 Å². The molecule has 5 heteroatoms. The minimum Gasteiger partial charge on any atom is -0.353 e. The maximum atomic E-state index is 11.3. The molecule has 16 heavy (non-hydrogen) atoms. The van der Waals surface area contributed by atoms with Gasteiger partial charge in [0, 0.05) is 36.6 Å². The molecule has 0 bridgehead atoms. The Bertz CT molecular complexity index is 360. The summed E-state index contributed by atoms with van der Waals surface area (Å²) >= 11 is 1.65. The van der Waals surface area contributed by atoms with Crippen LogP contribution in [0.2, 0.25) is 0 Å². The number of carbonyl (C=O) groups excluding carboxylic acids is 1. The molecule has 1 amide bonds. The smallest absolute Gasteiger partial charge is 0.221 e. The van der Waals surface area contributed by atoms with Crippen LogP contribution in [0.4, 0.5) is 0 Å². The van der Waals surface area contributed by atoms with Crippen LogP contribution in [0.1, 0.15) is 30.0 Å². The number of rotatable bonds is 6.